The Kier molecular flexibility index (Phi) is 4.09. The van der Waals surface area contributed by atoms with Gasteiger partial charge in [-0.2, -0.15) is 4.89 Å². The second kappa shape index (κ2) is 5.91. The van der Waals surface area contributed by atoms with E-state index >= 15 is 0 Å². The molecule has 2 atom stereocenters. The van der Waals surface area contributed by atoms with Crippen LogP contribution in [0.25, 0.3) is 0 Å². The second-order valence-electron chi connectivity index (χ2n) is 9.04. The van der Waals surface area contributed by atoms with E-state index in [1.54, 1.807) is 7.11 Å². The van der Waals surface area contributed by atoms with E-state index in [1.165, 1.54) is 0 Å². The summed E-state index contributed by atoms with van der Waals surface area (Å²) < 4.78 is 12.4. The normalized spacial score (nSPS) is 26.9. The van der Waals surface area contributed by atoms with Crippen molar-refractivity contribution < 1.29 is 18.9 Å². The maximum absolute atomic E-state index is 6.96. The summed E-state index contributed by atoms with van der Waals surface area (Å²) in [6.45, 7) is 11.2. The average molecular weight is 385 g/mol. The number of ether oxygens (including phenoxy) is 1. The van der Waals surface area contributed by atoms with Gasteiger partial charge in [0.05, 0.1) is 7.11 Å². The zero-order valence-electron chi connectivity index (χ0n) is 17.0. The fraction of sp³-hybridized carbons (Fsp3) is 0.455. The molecule has 2 aromatic rings. The maximum Gasteiger partial charge on any atom is 0.256 e. The Bertz CT molecular complexity index is 858. The van der Waals surface area contributed by atoms with Gasteiger partial charge < -0.3 is 9.16 Å². The van der Waals surface area contributed by atoms with E-state index in [0.717, 1.165) is 22.4 Å². The molecule has 0 amide bonds. The van der Waals surface area contributed by atoms with Crippen LogP contribution in [0.1, 0.15) is 37.5 Å². The van der Waals surface area contributed by atoms with Gasteiger partial charge >= 0.3 is 0 Å². The summed E-state index contributed by atoms with van der Waals surface area (Å²) in [6.07, 6.45) is 0.693. The first kappa shape index (κ1) is 18.7. The average Bonchev–Trinajstić information content (AvgIpc) is 2.80. The summed E-state index contributed by atoms with van der Waals surface area (Å²) in [7, 11) is -0.452. The van der Waals surface area contributed by atoms with Crippen molar-refractivity contribution in [3.05, 3.63) is 65.2 Å². The van der Waals surface area contributed by atoms with Crippen LogP contribution in [-0.2, 0) is 32.0 Å². The Balaban J connectivity index is 1.88. The summed E-state index contributed by atoms with van der Waals surface area (Å²) in [4.78, 5) is 11.8. The number of hydrogen-bond donors (Lipinski definition) is 0. The third-order valence-corrected chi connectivity index (χ3v) is 10.8. The molecule has 2 aliphatic rings. The number of hydrogen-bond acceptors (Lipinski definition) is 4. The van der Waals surface area contributed by atoms with Crippen molar-refractivity contribution in [2.24, 2.45) is 0 Å². The fourth-order valence-corrected chi connectivity index (χ4v) is 5.11. The van der Waals surface area contributed by atoms with Gasteiger partial charge in [-0.1, -0.05) is 51.1 Å². The molecule has 1 aliphatic carbocycles. The van der Waals surface area contributed by atoms with Crippen LogP contribution < -0.4 is 4.74 Å². The first-order chi connectivity index (χ1) is 12.7. The molecular formula is C22H28O4Si. The minimum Gasteiger partial charge on any atom is -0.497 e. The molecule has 0 spiro atoms. The SMILES string of the molecule is COc1ccc2c(c1)C[C@]1(c3ccccc3)OO[C@]21O[Si](C)(C)C(C)(C)C. The molecular weight excluding hydrogens is 356 g/mol. The van der Waals surface area contributed by atoms with Crippen LogP contribution in [0.15, 0.2) is 48.5 Å². The highest BCUT2D eigenvalue weighted by atomic mass is 28.4. The van der Waals surface area contributed by atoms with Gasteiger partial charge in [0.25, 0.3) is 5.79 Å². The highest BCUT2D eigenvalue weighted by molar-refractivity contribution is 6.74. The Hall–Kier alpha value is -1.66. The summed E-state index contributed by atoms with van der Waals surface area (Å²) in [5, 5.41) is 0.0539. The Morgan fingerprint density at radius 2 is 1.70 bits per heavy atom. The van der Waals surface area contributed by atoms with Crippen LogP contribution in [0.2, 0.25) is 18.1 Å². The first-order valence-corrected chi connectivity index (χ1v) is 12.4. The van der Waals surface area contributed by atoms with Crippen molar-refractivity contribution in [1.82, 2.24) is 0 Å². The summed E-state index contributed by atoms with van der Waals surface area (Å²) in [5.74, 6) is -0.0837. The quantitative estimate of drug-likeness (QED) is 0.531. The Labute approximate surface area is 162 Å². The van der Waals surface area contributed by atoms with Gasteiger partial charge in [-0.25, -0.2) is 4.89 Å². The number of fused-ring (bicyclic) bond motifs is 3. The van der Waals surface area contributed by atoms with E-state index in [9.17, 15) is 0 Å². The van der Waals surface area contributed by atoms with Crippen LogP contribution in [0.5, 0.6) is 5.75 Å². The monoisotopic (exact) mass is 384 g/mol. The van der Waals surface area contributed by atoms with Gasteiger partial charge in [-0.3, -0.25) is 0 Å². The molecule has 4 nitrogen and oxygen atoms in total. The molecule has 1 saturated heterocycles. The van der Waals surface area contributed by atoms with Gasteiger partial charge in [0.1, 0.15) is 5.75 Å². The standard InChI is InChI=1S/C22H28O4Si/c1-20(2,3)27(5,6)26-22-19-13-12-18(23-4)14-16(19)15-21(22,24-25-22)17-10-8-7-9-11-17/h7-14H,15H2,1-6H3/t21-,22+/m1/s1. The Morgan fingerprint density at radius 3 is 2.26 bits per heavy atom. The number of benzene rings is 2. The van der Waals surface area contributed by atoms with E-state index in [2.05, 4.69) is 58.1 Å². The summed E-state index contributed by atoms with van der Waals surface area (Å²) in [6, 6.07) is 16.4. The van der Waals surface area contributed by atoms with E-state index in [1.807, 2.05) is 24.3 Å². The van der Waals surface area contributed by atoms with Gasteiger partial charge in [0.15, 0.2) is 13.9 Å². The molecule has 0 radical (unpaired) electrons. The summed E-state index contributed by atoms with van der Waals surface area (Å²) >= 11 is 0. The minimum atomic E-state index is -2.14. The van der Waals surface area contributed by atoms with Gasteiger partial charge in [0, 0.05) is 12.0 Å². The van der Waals surface area contributed by atoms with Crippen molar-refractivity contribution in [3.8, 4) is 5.75 Å². The lowest BCUT2D eigenvalue weighted by atomic mass is 9.84. The van der Waals surface area contributed by atoms with Crippen molar-refractivity contribution in [2.45, 2.75) is 56.7 Å². The molecule has 2 aromatic carbocycles. The second-order valence-corrected chi connectivity index (χ2v) is 13.8. The highest BCUT2D eigenvalue weighted by Gasteiger charge is 2.73. The van der Waals surface area contributed by atoms with E-state index in [0.29, 0.717) is 6.42 Å². The smallest absolute Gasteiger partial charge is 0.256 e. The van der Waals surface area contributed by atoms with Gasteiger partial charge in [-0.15, -0.1) is 0 Å². The van der Waals surface area contributed by atoms with E-state index in [4.69, 9.17) is 18.9 Å². The largest absolute Gasteiger partial charge is 0.497 e. The zero-order chi connectivity index (χ0) is 19.5. The number of rotatable bonds is 4. The number of methoxy groups -OCH3 is 1. The van der Waals surface area contributed by atoms with Gasteiger partial charge in [0.2, 0.25) is 0 Å². The van der Waals surface area contributed by atoms with Crippen LogP contribution in [0, 0.1) is 0 Å². The molecule has 0 N–H and O–H groups in total. The predicted molar refractivity (Wildman–Crippen MR) is 107 cm³/mol. The van der Waals surface area contributed by atoms with Crippen molar-refractivity contribution >= 4 is 8.32 Å². The molecule has 0 bridgehead atoms. The highest BCUT2D eigenvalue weighted by Crippen LogP contribution is 2.64. The van der Waals surface area contributed by atoms with E-state index < -0.39 is 19.7 Å². The third kappa shape index (κ3) is 2.53. The molecule has 144 valence electrons. The molecule has 0 unspecified atom stereocenters. The van der Waals surface area contributed by atoms with Crippen LogP contribution in [0.3, 0.4) is 0 Å². The molecule has 0 aromatic heterocycles. The van der Waals surface area contributed by atoms with Crippen LogP contribution in [-0.4, -0.2) is 15.4 Å². The molecule has 0 saturated carbocycles. The topological polar surface area (TPSA) is 36.9 Å². The molecule has 5 heteroatoms. The molecule has 1 aliphatic heterocycles. The summed E-state index contributed by atoms with van der Waals surface area (Å²) in [5.41, 5.74) is 2.60. The lowest BCUT2D eigenvalue weighted by molar-refractivity contribution is -0.613. The van der Waals surface area contributed by atoms with Crippen molar-refractivity contribution in [3.63, 3.8) is 0 Å². The van der Waals surface area contributed by atoms with Crippen LogP contribution >= 0.6 is 0 Å². The van der Waals surface area contributed by atoms with Crippen molar-refractivity contribution in [2.75, 3.05) is 7.11 Å². The predicted octanol–water partition coefficient (Wildman–Crippen LogP) is 5.28. The minimum absolute atomic E-state index is 0.0539. The maximum atomic E-state index is 6.96. The van der Waals surface area contributed by atoms with Gasteiger partial charge in [-0.05, 0) is 47.5 Å². The molecule has 4 rings (SSSR count). The lowest BCUT2D eigenvalue weighted by Crippen LogP contribution is -2.65. The van der Waals surface area contributed by atoms with E-state index in [-0.39, 0.29) is 5.04 Å². The molecule has 27 heavy (non-hydrogen) atoms. The zero-order valence-corrected chi connectivity index (χ0v) is 18.0. The van der Waals surface area contributed by atoms with Crippen molar-refractivity contribution in [1.29, 1.82) is 0 Å². The molecule has 1 fully saturated rings. The third-order valence-electron chi connectivity index (χ3n) is 6.38. The fourth-order valence-electron chi connectivity index (χ4n) is 3.77. The molecule has 1 heterocycles. The Morgan fingerprint density at radius 1 is 1.00 bits per heavy atom. The van der Waals surface area contributed by atoms with Crippen LogP contribution in [0.4, 0.5) is 0 Å². The first-order valence-electron chi connectivity index (χ1n) is 9.45. The lowest BCUT2D eigenvalue weighted by Gasteiger charge is -2.56.